The van der Waals surface area contributed by atoms with E-state index < -0.39 is 44.3 Å². The summed E-state index contributed by atoms with van der Waals surface area (Å²) in [6.45, 7) is -3.11. The lowest BCUT2D eigenvalue weighted by atomic mass is 10.2. The number of carbonyl (C=O) groups is 1. The average molecular weight is 332 g/mol. The maximum atomic E-state index is 12.0. The fourth-order valence-corrected chi connectivity index (χ4v) is 2.38. The van der Waals surface area contributed by atoms with Crippen molar-refractivity contribution in [1.29, 1.82) is 0 Å². The predicted octanol–water partition coefficient (Wildman–Crippen LogP) is 3.20. The van der Waals surface area contributed by atoms with Crippen molar-refractivity contribution in [3.05, 3.63) is 0 Å². The molecule has 120 valence electrons. The van der Waals surface area contributed by atoms with E-state index in [4.69, 9.17) is 5.11 Å². The molecule has 0 amide bonds. The van der Waals surface area contributed by atoms with Crippen molar-refractivity contribution < 1.29 is 49.9 Å². The van der Waals surface area contributed by atoms with Gasteiger partial charge in [0.25, 0.3) is 0 Å². The molecular weight excluding hydrogens is 321 g/mol. The van der Waals surface area contributed by atoms with Gasteiger partial charge in [0.15, 0.2) is 18.4 Å². The fourth-order valence-electron chi connectivity index (χ4n) is 0.793. The summed E-state index contributed by atoms with van der Waals surface area (Å²) in [6.07, 6.45) is -10.0. The quantitative estimate of drug-likeness (QED) is 0.597. The van der Waals surface area contributed by atoms with Crippen molar-refractivity contribution in [3.8, 4) is 0 Å². The van der Waals surface area contributed by atoms with Gasteiger partial charge in [-0.1, -0.05) is 0 Å². The zero-order valence-electron chi connectivity index (χ0n) is 10.2. The molecule has 0 fully saturated rings. The summed E-state index contributed by atoms with van der Waals surface area (Å²) in [5.41, 5.74) is 0. The Morgan fingerprint density at radius 1 is 1.00 bits per heavy atom. The summed E-state index contributed by atoms with van der Waals surface area (Å²) in [4.78, 5) is 10.8. The van der Waals surface area contributed by atoms with E-state index in [2.05, 4.69) is 9.05 Å². The van der Waals surface area contributed by atoms with E-state index in [1.165, 1.54) is 0 Å². The Kier molecular flexibility index (Phi) is 5.67. The Balaban J connectivity index is 5.25. The minimum absolute atomic E-state index is 0.642. The zero-order chi connectivity index (χ0) is 16.4. The maximum absolute atomic E-state index is 12.0. The monoisotopic (exact) mass is 332 g/mol. The minimum atomic E-state index is -5.21. The van der Waals surface area contributed by atoms with Crippen LogP contribution in [-0.2, 0) is 18.4 Å². The van der Waals surface area contributed by atoms with E-state index >= 15 is 0 Å². The first-order valence-corrected chi connectivity index (χ1v) is 6.41. The lowest BCUT2D eigenvalue weighted by Crippen LogP contribution is -2.35. The number of aliphatic carboxylic acids is 1. The van der Waals surface area contributed by atoms with Crippen LogP contribution in [0.5, 0.6) is 0 Å². The molecule has 0 bridgehead atoms. The Labute approximate surface area is 109 Å². The third-order valence-electron chi connectivity index (χ3n) is 2.00. The van der Waals surface area contributed by atoms with E-state index in [-0.39, 0.29) is 0 Å². The molecule has 0 unspecified atom stereocenters. The van der Waals surface area contributed by atoms with Gasteiger partial charge in [-0.15, -0.1) is 0 Å². The highest BCUT2D eigenvalue weighted by molar-refractivity contribution is 7.56. The van der Waals surface area contributed by atoms with Gasteiger partial charge >= 0.3 is 25.9 Å². The van der Waals surface area contributed by atoms with Crippen LogP contribution in [0.2, 0.25) is 0 Å². The fraction of sp³-hybridized carbons (Fsp3) is 0.875. The van der Waals surface area contributed by atoms with Gasteiger partial charge in [-0.3, -0.25) is 18.4 Å². The second kappa shape index (κ2) is 5.90. The second-order valence-electron chi connectivity index (χ2n) is 4.14. The zero-order valence-corrected chi connectivity index (χ0v) is 11.1. The number of alkyl halides is 6. The van der Waals surface area contributed by atoms with Gasteiger partial charge in [-0.2, -0.15) is 26.3 Å². The lowest BCUT2D eigenvalue weighted by molar-refractivity contribution is -0.167. The number of hydrogen-bond donors (Lipinski definition) is 1. The first-order valence-electron chi connectivity index (χ1n) is 4.87. The topological polar surface area (TPSA) is 72.8 Å². The third-order valence-corrected chi connectivity index (χ3v) is 4.50. The minimum Gasteiger partial charge on any atom is -0.480 e. The van der Waals surface area contributed by atoms with E-state index in [0.717, 1.165) is 0 Å². The molecule has 0 rings (SSSR count). The Morgan fingerprint density at radius 2 is 1.30 bits per heavy atom. The number of carboxylic acid groups (broad SMARTS) is 1. The molecule has 0 aliphatic carbocycles. The van der Waals surface area contributed by atoms with Crippen molar-refractivity contribution >= 4 is 13.6 Å². The Bertz CT molecular complexity index is 379. The molecule has 0 aliphatic rings. The molecule has 12 heteroatoms. The molecule has 0 aromatic rings. The molecule has 0 atom stereocenters. The summed E-state index contributed by atoms with van der Waals surface area (Å²) in [5, 5.41) is 6.16. The van der Waals surface area contributed by atoms with Crippen LogP contribution >= 0.6 is 7.60 Å². The molecule has 0 aromatic heterocycles. The van der Waals surface area contributed by atoms with Gasteiger partial charge in [-0.05, 0) is 13.8 Å². The van der Waals surface area contributed by atoms with E-state index in [0.29, 0.717) is 13.8 Å². The van der Waals surface area contributed by atoms with Crippen LogP contribution in [-0.4, -0.2) is 41.8 Å². The van der Waals surface area contributed by atoms with Crippen molar-refractivity contribution in [1.82, 2.24) is 0 Å². The van der Waals surface area contributed by atoms with Crippen LogP contribution in [0.15, 0.2) is 0 Å². The number of rotatable bonds is 6. The molecule has 0 aliphatic heterocycles. The number of carboxylic acids is 1. The molecular formula is C8H11F6O5P. The molecule has 0 spiro atoms. The Hall–Kier alpha value is -0.800. The van der Waals surface area contributed by atoms with Crippen LogP contribution in [0.4, 0.5) is 26.3 Å². The van der Waals surface area contributed by atoms with Crippen molar-refractivity contribution in [2.45, 2.75) is 31.4 Å². The van der Waals surface area contributed by atoms with Crippen LogP contribution in [0, 0.1) is 0 Å². The smallest absolute Gasteiger partial charge is 0.412 e. The summed E-state index contributed by atoms with van der Waals surface area (Å²) in [6, 6.07) is 0. The van der Waals surface area contributed by atoms with Crippen LogP contribution in [0.25, 0.3) is 0 Å². The normalized spacial score (nSPS) is 14.4. The van der Waals surface area contributed by atoms with Gasteiger partial charge in [0.1, 0.15) is 0 Å². The van der Waals surface area contributed by atoms with Crippen molar-refractivity contribution in [2.24, 2.45) is 0 Å². The number of hydrogen-bond acceptors (Lipinski definition) is 4. The highest BCUT2D eigenvalue weighted by Gasteiger charge is 2.53. The molecule has 0 heterocycles. The Morgan fingerprint density at radius 3 is 1.50 bits per heavy atom. The molecule has 0 saturated heterocycles. The maximum Gasteiger partial charge on any atom is 0.412 e. The van der Waals surface area contributed by atoms with Crippen LogP contribution in [0.3, 0.4) is 0 Å². The standard InChI is InChI=1S/C8H11F6O5P/c1-6(2,5(15)16)20(17,18-3-7(9,10)11)19-4-8(12,13)14/h3-4H2,1-2H3,(H,15,16). The van der Waals surface area contributed by atoms with Gasteiger partial charge in [-0.25, -0.2) is 0 Å². The predicted molar refractivity (Wildman–Crippen MR) is 53.3 cm³/mol. The summed E-state index contributed by atoms with van der Waals surface area (Å²) in [5.74, 6) is -1.93. The summed E-state index contributed by atoms with van der Waals surface area (Å²) >= 11 is 0. The van der Waals surface area contributed by atoms with Crippen molar-refractivity contribution in [3.63, 3.8) is 0 Å². The van der Waals surface area contributed by atoms with E-state index in [1.807, 2.05) is 0 Å². The van der Waals surface area contributed by atoms with Crippen LogP contribution < -0.4 is 0 Å². The van der Waals surface area contributed by atoms with Crippen molar-refractivity contribution in [2.75, 3.05) is 13.2 Å². The first kappa shape index (κ1) is 19.2. The molecule has 0 radical (unpaired) electrons. The molecule has 0 saturated carbocycles. The largest absolute Gasteiger partial charge is 0.480 e. The molecule has 20 heavy (non-hydrogen) atoms. The summed E-state index contributed by atoms with van der Waals surface area (Å²) < 4.78 is 91.5. The average Bonchev–Trinajstić information content (AvgIpc) is 2.21. The SMILES string of the molecule is CC(C)(C(=O)O)P(=O)(OCC(F)(F)F)OCC(F)(F)F. The lowest BCUT2D eigenvalue weighted by Gasteiger charge is -2.30. The second-order valence-corrected chi connectivity index (χ2v) is 6.77. The van der Waals surface area contributed by atoms with Gasteiger partial charge in [0.05, 0.1) is 0 Å². The summed E-state index contributed by atoms with van der Waals surface area (Å²) in [7, 11) is -5.21. The van der Waals surface area contributed by atoms with E-state index in [9.17, 15) is 35.7 Å². The third kappa shape index (κ3) is 5.68. The van der Waals surface area contributed by atoms with Gasteiger partial charge < -0.3 is 5.11 Å². The molecule has 0 aromatic carbocycles. The van der Waals surface area contributed by atoms with E-state index in [1.54, 1.807) is 0 Å². The highest BCUT2D eigenvalue weighted by Crippen LogP contribution is 2.61. The first-order chi connectivity index (χ1) is 8.61. The van der Waals surface area contributed by atoms with Gasteiger partial charge in [0.2, 0.25) is 0 Å². The highest BCUT2D eigenvalue weighted by atomic mass is 31.2. The number of halogens is 6. The molecule has 1 N–H and O–H groups in total. The van der Waals surface area contributed by atoms with Crippen LogP contribution in [0.1, 0.15) is 13.8 Å². The molecule has 5 nitrogen and oxygen atoms in total. The van der Waals surface area contributed by atoms with Gasteiger partial charge in [0, 0.05) is 0 Å².